The minimum Gasteiger partial charge on any atom is -0.454 e. The molecule has 0 aromatic rings. The van der Waals surface area contributed by atoms with Gasteiger partial charge in [0, 0.05) is 0 Å². The predicted octanol–water partition coefficient (Wildman–Crippen LogP) is 2.58. The number of carbonyl (C=O) groups is 1. The van der Waals surface area contributed by atoms with Crippen molar-refractivity contribution in [2.75, 3.05) is 0 Å². The Bertz CT molecular complexity index is 245. The van der Waals surface area contributed by atoms with E-state index in [9.17, 15) is 4.79 Å². The third kappa shape index (κ3) is 1.50. The monoisotopic (exact) mass is 180 g/mol. The van der Waals surface area contributed by atoms with Gasteiger partial charge in [-0.05, 0) is 32.1 Å². The number of hydrogen-bond acceptors (Lipinski definition) is 2. The van der Waals surface area contributed by atoms with Crippen LogP contribution in [0.3, 0.4) is 0 Å². The standard InChI is InChI=1S/C11H16O2/c1-2-5-9-10(11(12)13-9)8-6-3-4-7-8/h9H,2-7H2,1H3. The predicted molar refractivity (Wildman–Crippen MR) is 50.3 cm³/mol. The maximum atomic E-state index is 11.2. The summed E-state index contributed by atoms with van der Waals surface area (Å²) in [7, 11) is 0. The van der Waals surface area contributed by atoms with Gasteiger partial charge in [0.15, 0.2) is 0 Å². The average molecular weight is 180 g/mol. The van der Waals surface area contributed by atoms with Gasteiger partial charge >= 0.3 is 5.97 Å². The van der Waals surface area contributed by atoms with E-state index in [4.69, 9.17) is 4.74 Å². The number of ether oxygens (including phenoxy) is 1. The smallest absolute Gasteiger partial charge is 0.338 e. The van der Waals surface area contributed by atoms with Crippen molar-refractivity contribution in [3.05, 3.63) is 11.1 Å². The summed E-state index contributed by atoms with van der Waals surface area (Å²) in [5, 5.41) is 0. The third-order valence-electron chi connectivity index (χ3n) is 2.93. The van der Waals surface area contributed by atoms with E-state index in [0.29, 0.717) is 0 Å². The summed E-state index contributed by atoms with van der Waals surface area (Å²) < 4.78 is 5.11. The minimum absolute atomic E-state index is 0.0460. The van der Waals surface area contributed by atoms with E-state index in [1.54, 1.807) is 0 Å². The number of cyclic esters (lactones) is 1. The number of carbonyl (C=O) groups excluding carboxylic acids is 1. The normalized spacial score (nSPS) is 27.5. The summed E-state index contributed by atoms with van der Waals surface area (Å²) in [6, 6.07) is 0. The van der Waals surface area contributed by atoms with Crippen LogP contribution in [0.4, 0.5) is 0 Å². The van der Waals surface area contributed by atoms with E-state index in [1.807, 2.05) is 0 Å². The van der Waals surface area contributed by atoms with Gasteiger partial charge in [-0.25, -0.2) is 4.79 Å². The number of allylic oxidation sites excluding steroid dienone is 1. The molecule has 1 aliphatic heterocycles. The Morgan fingerprint density at radius 3 is 2.62 bits per heavy atom. The van der Waals surface area contributed by atoms with Crippen LogP contribution in [0, 0.1) is 0 Å². The van der Waals surface area contributed by atoms with Crippen molar-refractivity contribution < 1.29 is 9.53 Å². The molecule has 72 valence electrons. The number of hydrogen-bond donors (Lipinski definition) is 0. The van der Waals surface area contributed by atoms with Gasteiger partial charge in [-0.1, -0.05) is 18.9 Å². The lowest BCUT2D eigenvalue weighted by Crippen LogP contribution is -2.37. The summed E-state index contributed by atoms with van der Waals surface area (Å²) in [5.41, 5.74) is 2.41. The van der Waals surface area contributed by atoms with Crippen LogP contribution < -0.4 is 0 Å². The number of esters is 1. The second-order valence-corrected chi connectivity index (χ2v) is 3.91. The van der Waals surface area contributed by atoms with E-state index in [1.165, 1.54) is 18.4 Å². The van der Waals surface area contributed by atoms with Crippen LogP contribution in [0.1, 0.15) is 45.4 Å². The molecule has 1 aliphatic carbocycles. The Hall–Kier alpha value is -0.790. The fourth-order valence-electron chi connectivity index (χ4n) is 2.23. The molecule has 0 radical (unpaired) electrons. The molecule has 13 heavy (non-hydrogen) atoms. The van der Waals surface area contributed by atoms with E-state index in [-0.39, 0.29) is 12.1 Å². The van der Waals surface area contributed by atoms with Crippen LogP contribution in [0.5, 0.6) is 0 Å². The van der Waals surface area contributed by atoms with Crippen molar-refractivity contribution in [3.63, 3.8) is 0 Å². The molecule has 2 aliphatic rings. The molecule has 1 heterocycles. The van der Waals surface area contributed by atoms with E-state index >= 15 is 0 Å². The first-order chi connectivity index (χ1) is 6.33. The Balaban J connectivity index is 2.10. The summed E-state index contributed by atoms with van der Waals surface area (Å²) in [6.07, 6.45) is 7.01. The highest BCUT2D eigenvalue weighted by atomic mass is 16.6. The second kappa shape index (κ2) is 3.52. The molecular weight excluding hydrogens is 164 g/mol. The van der Waals surface area contributed by atoms with Crippen LogP contribution in [-0.4, -0.2) is 12.1 Å². The number of rotatable bonds is 2. The molecule has 2 heteroatoms. The molecule has 2 fully saturated rings. The van der Waals surface area contributed by atoms with Crippen LogP contribution in [-0.2, 0) is 9.53 Å². The highest BCUT2D eigenvalue weighted by Gasteiger charge is 2.37. The lowest BCUT2D eigenvalue weighted by molar-refractivity contribution is -0.156. The molecular formula is C11H16O2. The lowest BCUT2D eigenvalue weighted by Gasteiger charge is -2.30. The largest absolute Gasteiger partial charge is 0.454 e. The molecule has 1 saturated heterocycles. The van der Waals surface area contributed by atoms with E-state index in [2.05, 4.69) is 6.92 Å². The zero-order valence-electron chi connectivity index (χ0n) is 8.14. The van der Waals surface area contributed by atoms with E-state index < -0.39 is 0 Å². The highest BCUT2D eigenvalue weighted by Crippen LogP contribution is 2.35. The van der Waals surface area contributed by atoms with Crippen LogP contribution in [0.2, 0.25) is 0 Å². The zero-order valence-corrected chi connectivity index (χ0v) is 8.14. The molecule has 1 unspecified atom stereocenters. The van der Waals surface area contributed by atoms with Gasteiger partial charge < -0.3 is 4.74 Å². The van der Waals surface area contributed by atoms with Gasteiger partial charge in [0.25, 0.3) is 0 Å². The second-order valence-electron chi connectivity index (χ2n) is 3.91. The molecule has 0 spiro atoms. The van der Waals surface area contributed by atoms with Crippen molar-refractivity contribution in [1.82, 2.24) is 0 Å². The van der Waals surface area contributed by atoms with Crippen LogP contribution >= 0.6 is 0 Å². The van der Waals surface area contributed by atoms with Crippen molar-refractivity contribution in [1.29, 1.82) is 0 Å². The average Bonchev–Trinajstić information content (AvgIpc) is 2.56. The van der Waals surface area contributed by atoms with Gasteiger partial charge in [0.1, 0.15) is 6.10 Å². The maximum Gasteiger partial charge on any atom is 0.338 e. The van der Waals surface area contributed by atoms with Crippen molar-refractivity contribution in [2.45, 2.75) is 51.6 Å². The first kappa shape index (κ1) is 8.79. The summed E-state index contributed by atoms with van der Waals surface area (Å²) >= 11 is 0. The van der Waals surface area contributed by atoms with Gasteiger partial charge in [-0.15, -0.1) is 0 Å². The molecule has 0 amide bonds. The summed E-state index contributed by atoms with van der Waals surface area (Å²) in [5.74, 6) is -0.0460. The third-order valence-corrected chi connectivity index (χ3v) is 2.93. The molecule has 0 aromatic carbocycles. The molecule has 2 rings (SSSR count). The minimum atomic E-state index is -0.0460. The SMILES string of the molecule is CCCC1OC(=O)C1=C1CCCC1. The summed E-state index contributed by atoms with van der Waals surface area (Å²) in [4.78, 5) is 11.2. The Kier molecular flexibility index (Phi) is 2.38. The van der Waals surface area contributed by atoms with Crippen molar-refractivity contribution >= 4 is 5.97 Å². The molecule has 2 nitrogen and oxygen atoms in total. The molecule has 0 aromatic heterocycles. The summed E-state index contributed by atoms with van der Waals surface area (Å²) in [6.45, 7) is 2.13. The molecule has 1 atom stereocenters. The first-order valence-corrected chi connectivity index (χ1v) is 5.26. The zero-order chi connectivity index (χ0) is 9.26. The van der Waals surface area contributed by atoms with E-state index in [0.717, 1.165) is 31.3 Å². The van der Waals surface area contributed by atoms with Gasteiger partial charge in [0.2, 0.25) is 0 Å². The highest BCUT2D eigenvalue weighted by molar-refractivity contribution is 5.96. The lowest BCUT2D eigenvalue weighted by atomic mass is 9.94. The maximum absolute atomic E-state index is 11.2. The van der Waals surface area contributed by atoms with Gasteiger partial charge in [-0.3, -0.25) is 0 Å². The topological polar surface area (TPSA) is 26.3 Å². The fraction of sp³-hybridized carbons (Fsp3) is 0.727. The van der Waals surface area contributed by atoms with Gasteiger partial charge in [-0.2, -0.15) is 0 Å². The molecule has 0 N–H and O–H groups in total. The van der Waals surface area contributed by atoms with Gasteiger partial charge in [0.05, 0.1) is 5.57 Å². The Morgan fingerprint density at radius 1 is 1.38 bits per heavy atom. The van der Waals surface area contributed by atoms with Crippen LogP contribution in [0.25, 0.3) is 0 Å². The van der Waals surface area contributed by atoms with Crippen molar-refractivity contribution in [3.8, 4) is 0 Å². The Labute approximate surface area is 79.0 Å². The molecule has 0 bridgehead atoms. The fourth-order valence-corrected chi connectivity index (χ4v) is 2.23. The van der Waals surface area contributed by atoms with Crippen molar-refractivity contribution in [2.24, 2.45) is 0 Å². The quantitative estimate of drug-likeness (QED) is 0.482. The first-order valence-electron chi connectivity index (χ1n) is 5.26. The Morgan fingerprint density at radius 2 is 2.08 bits per heavy atom. The molecule has 1 saturated carbocycles. The van der Waals surface area contributed by atoms with Crippen LogP contribution in [0.15, 0.2) is 11.1 Å².